The van der Waals surface area contributed by atoms with Gasteiger partial charge in [-0.2, -0.15) is 5.10 Å². The molecule has 0 fully saturated rings. The Kier molecular flexibility index (Phi) is 6.68. The summed E-state index contributed by atoms with van der Waals surface area (Å²) in [6, 6.07) is 15.4. The minimum Gasteiger partial charge on any atom is -0.456 e. The highest BCUT2D eigenvalue weighted by Crippen LogP contribution is 2.24. The summed E-state index contributed by atoms with van der Waals surface area (Å²) in [5, 5.41) is 7.26. The maximum absolute atomic E-state index is 12.4. The molecule has 0 saturated carbocycles. The number of carbonyl (C=O) groups excluding carboxylic acids is 3. The molecule has 0 unspecified atom stereocenters. The molecule has 1 aliphatic carbocycles. The van der Waals surface area contributed by atoms with Crippen molar-refractivity contribution in [3.8, 4) is 5.69 Å². The molecule has 7 nitrogen and oxygen atoms in total. The van der Waals surface area contributed by atoms with Crippen molar-refractivity contribution < 1.29 is 19.1 Å². The molecule has 2 aromatic carbocycles. The summed E-state index contributed by atoms with van der Waals surface area (Å²) < 4.78 is 6.83. The number of hydrogen-bond donors (Lipinski definition) is 1. The van der Waals surface area contributed by atoms with E-state index in [1.54, 1.807) is 11.6 Å². The number of benzene rings is 2. The number of nitrogens with zero attached hydrogens (tertiary/aromatic N) is 2. The van der Waals surface area contributed by atoms with Gasteiger partial charge in [0.1, 0.15) is 0 Å². The van der Waals surface area contributed by atoms with Crippen LogP contribution in [0.25, 0.3) is 5.69 Å². The zero-order valence-electron chi connectivity index (χ0n) is 18.9. The standard InChI is InChI=1S/C26H27N3O4/c1-17-26(18(2)29(28-17)22-9-4-3-5-10-22)27-24(31)16-33-25(32)14-13-23(30)21-12-11-19-7-6-8-20(19)15-21/h3-5,9-12,15H,6-8,13-14,16H2,1-2H3,(H,27,31). The summed E-state index contributed by atoms with van der Waals surface area (Å²) in [6.45, 7) is 3.25. The molecule has 1 heterocycles. The predicted molar refractivity (Wildman–Crippen MR) is 125 cm³/mol. The van der Waals surface area contributed by atoms with E-state index in [2.05, 4.69) is 10.4 Å². The lowest BCUT2D eigenvalue weighted by molar-refractivity contribution is -0.147. The Morgan fingerprint density at radius 1 is 1.00 bits per heavy atom. The third-order valence-electron chi connectivity index (χ3n) is 5.90. The van der Waals surface area contributed by atoms with Crippen LogP contribution < -0.4 is 5.32 Å². The zero-order valence-corrected chi connectivity index (χ0v) is 18.9. The second-order valence-electron chi connectivity index (χ2n) is 8.26. The number of carbonyl (C=O) groups is 3. The Hall–Kier alpha value is -3.74. The van der Waals surface area contributed by atoms with Gasteiger partial charge in [-0.3, -0.25) is 14.4 Å². The number of nitrogens with one attached hydrogen (secondary N) is 1. The van der Waals surface area contributed by atoms with E-state index < -0.39 is 18.5 Å². The molecule has 4 rings (SSSR count). The third-order valence-corrected chi connectivity index (χ3v) is 5.90. The first kappa shape index (κ1) is 22.5. The number of Topliss-reactive ketones (excluding diaryl/α,β-unsaturated/α-hetero) is 1. The van der Waals surface area contributed by atoms with Crippen molar-refractivity contribution in [2.75, 3.05) is 11.9 Å². The monoisotopic (exact) mass is 445 g/mol. The molecule has 0 radical (unpaired) electrons. The molecule has 170 valence electrons. The molecule has 7 heteroatoms. The number of fused-ring (bicyclic) bond motifs is 1. The van der Waals surface area contributed by atoms with Crippen molar-refractivity contribution in [3.63, 3.8) is 0 Å². The van der Waals surface area contributed by atoms with E-state index in [4.69, 9.17) is 4.74 Å². The summed E-state index contributed by atoms with van der Waals surface area (Å²) in [6.07, 6.45) is 3.17. The van der Waals surface area contributed by atoms with Gasteiger partial charge < -0.3 is 10.1 Å². The second kappa shape index (κ2) is 9.81. The smallest absolute Gasteiger partial charge is 0.306 e. The number of hydrogen-bond acceptors (Lipinski definition) is 5. The van der Waals surface area contributed by atoms with Crippen LogP contribution in [0.1, 0.15) is 52.1 Å². The third kappa shape index (κ3) is 5.19. The van der Waals surface area contributed by atoms with Crippen LogP contribution in [0.3, 0.4) is 0 Å². The van der Waals surface area contributed by atoms with Crippen molar-refractivity contribution in [2.45, 2.75) is 46.0 Å². The molecule has 0 spiro atoms. The number of esters is 1. The van der Waals surface area contributed by atoms with E-state index >= 15 is 0 Å². The Labute approximate surface area is 192 Å². The van der Waals surface area contributed by atoms with E-state index in [-0.39, 0.29) is 18.6 Å². The maximum Gasteiger partial charge on any atom is 0.306 e. The van der Waals surface area contributed by atoms with Gasteiger partial charge in [0.2, 0.25) is 0 Å². The molecule has 0 bridgehead atoms. The number of ketones is 1. The maximum atomic E-state index is 12.4. The highest BCUT2D eigenvalue weighted by atomic mass is 16.5. The summed E-state index contributed by atoms with van der Waals surface area (Å²) in [5.41, 5.74) is 6.07. The van der Waals surface area contributed by atoms with Gasteiger partial charge in [-0.1, -0.05) is 30.3 Å². The normalized spacial score (nSPS) is 12.3. The minimum absolute atomic E-state index is 0.0568. The van der Waals surface area contributed by atoms with E-state index in [9.17, 15) is 14.4 Å². The average molecular weight is 446 g/mol. The molecule has 1 N–H and O–H groups in total. The molecule has 0 saturated heterocycles. The first-order valence-electron chi connectivity index (χ1n) is 11.1. The van der Waals surface area contributed by atoms with Crippen LogP contribution in [0.5, 0.6) is 0 Å². The van der Waals surface area contributed by atoms with Crippen LogP contribution in [-0.2, 0) is 27.2 Å². The van der Waals surface area contributed by atoms with Crippen LogP contribution >= 0.6 is 0 Å². The summed E-state index contributed by atoms with van der Waals surface area (Å²) >= 11 is 0. The molecule has 33 heavy (non-hydrogen) atoms. The molecule has 1 aliphatic rings. The largest absolute Gasteiger partial charge is 0.456 e. The van der Waals surface area contributed by atoms with Gasteiger partial charge in [-0.25, -0.2) is 4.68 Å². The molecule has 0 atom stereocenters. The number of anilines is 1. The Morgan fingerprint density at radius 3 is 2.55 bits per heavy atom. The van der Waals surface area contributed by atoms with Crippen molar-refractivity contribution in [1.82, 2.24) is 9.78 Å². The van der Waals surface area contributed by atoms with Gasteiger partial charge in [0.05, 0.1) is 29.2 Å². The Bertz CT molecular complexity index is 1200. The lowest BCUT2D eigenvalue weighted by atomic mass is 10.0. The van der Waals surface area contributed by atoms with Crippen LogP contribution in [0, 0.1) is 13.8 Å². The Morgan fingerprint density at radius 2 is 1.76 bits per heavy atom. The molecule has 1 aromatic heterocycles. The molecular formula is C26H27N3O4. The molecule has 0 aliphatic heterocycles. The second-order valence-corrected chi connectivity index (χ2v) is 8.26. The molecule has 3 aromatic rings. The van der Waals surface area contributed by atoms with Crippen LogP contribution in [0.15, 0.2) is 48.5 Å². The number of para-hydroxylation sites is 1. The fourth-order valence-corrected chi connectivity index (χ4v) is 4.14. The van der Waals surface area contributed by atoms with E-state index in [1.165, 1.54) is 11.1 Å². The minimum atomic E-state index is -0.576. The van der Waals surface area contributed by atoms with E-state index in [0.717, 1.165) is 30.6 Å². The van der Waals surface area contributed by atoms with Gasteiger partial charge in [-0.15, -0.1) is 0 Å². The zero-order chi connectivity index (χ0) is 23.4. The molecule has 1 amide bonds. The van der Waals surface area contributed by atoms with E-state index in [1.807, 2.05) is 55.5 Å². The summed E-state index contributed by atoms with van der Waals surface area (Å²) in [5.74, 6) is -1.12. The molecular weight excluding hydrogens is 418 g/mol. The van der Waals surface area contributed by atoms with Crippen LogP contribution in [0.2, 0.25) is 0 Å². The number of ether oxygens (including phenoxy) is 1. The fourth-order valence-electron chi connectivity index (χ4n) is 4.14. The van der Waals surface area contributed by atoms with Crippen LogP contribution in [-0.4, -0.2) is 34.0 Å². The van der Waals surface area contributed by atoms with Crippen LogP contribution in [0.4, 0.5) is 5.69 Å². The SMILES string of the molecule is Cc1nn(-c2ccccc2)c(C)c1NC(=O)COC(=O)CCC(=O)c1ccc2c(c1)CCC2. The number of aryl methyl sites for hydroxylation is 3. The predicted octanol–water partition coefficient (Wildman–Crippen LogP) is 4.12. The lowest BCUT2D eigenvalue weighted by Gasteiger charge is -2.08. The summed E-state index contributed by atoms with van der Waals surface area (Å²) in [4.78, 5) is 36.8. The topological polar surface area (TPSA) is 90.3 Å². The number of aromatic nitrogens is 2. The fraction of sp³-hybridized carbons (Fsp3) is 0.308. The van der Waals surface area contributed by atoms with Gasteiger partial charge in [0.15, 0.2) is 12.4 Å². The van der Waals surface area contributed by atoms with Gasteiger partial charge in [0.25, 0.3) is 5.91 Å². The quantitative estimate of drug-likeness (QED) is 0.416. The van der Waals surface area contributed by atoms with Gasteiger partial charge in [0, 0.05) is 12.0 Å². The average Bonchev–Trinajstić information content (AvgIpc) is 3.41. The number of amides is 1. The lowest BCUT2D eigenvalue weighted by Crippen LogP contribution is -2.21. The van der Waals surface area contributed by atoms with Gasteiger partial charge in [-0.05, 0) is 62.4 Å². The number of rotatable bonds is 8. The highest BCUT2D eigenvalue weighted by molar-refractivity contribution is 5.98. The summed E-state index contributed by atoms with van der Waals surface area (Å²) in [7, 11) is 0. The van der Waals surface area contributed by atoms with Crippen molar-refractivity contribution >= 4 is 23.3 Å². The van der Waals surface area contributed by atoms with Crippen molar-refractivity contribution in [1.29, 1.82) is 0 Å². The van der Waals surface area contributed by atoms with Crippen molar-refractivity contribution in [3.05, 3.63) is 76.6 Å². The first-order chi connectivity index (χ1) is 15.9. The Balaban J connectivity index is 1.26. The highest BCUT2D eigenvalue weighted by Gasteiger charge is 2.18. The van der Waals surface area contributed by atoms with Gasteiger partial charge >= 0.3 is 5.97 Å². The van der Waals surface area contributed by atoms with Crippen molar-refractivity contribution in [2.24, 2.45) is 0 Å². The first-order valence-corrected chi connectivity index (χ1v) is 11.1. The van der Waals surface area contributed by atoms with E-state index in [0.29, 0.717) is 16.9 Å².